The third-order valence-electron chi connectivity index (χ3n) is 2.68. The number of carbonyl (C=O) groups excluding carboxylic acids is 1. The van der Waals surface area contributed by atoms with E-state index in [1.807, 2.05) is 33.9 Å². The predicted molar refractivity (Wildman–Crippen MR) is 65.0 cm³/mol. The molecule has 0 aliphatic carbocycles. The van der Waals surface area contributed by atoms with E-state index in [4.69, 9.17) is 4.42 Å². The Morgan fingerprint density at radius 2 is 2.12 bits per heavy atom. The fourth-order valence-electron chi connectivity index (χ4n) is 1.66. The van der Waals surface area contributed by atoms with Crippen LogP contribution in [0.4, 0.5) is 0 Å². The number of hydrogen-bond acceptors (Lipinski definition) is 3. The summed E-state index contributed by atoms with van der Waals surface area (Å²) >= 11 is 0. The zero-order chi connectivity index (χ0) is 12.6. The predicted octanol–water partition coefficient (Wildman–Crippen LogP) is 2.79. The summed E-state index contributed by atoms with van der Waals surface area (Å²) in [6.45, 7) is 6.15. The van der Waals surface area contributed by atoms with Crippen LogP contribution in [0.1, 0.15) is 36.9 Å². The van der Waals surface area contributed by atoms with E-state index in [1.54, 1.807) is 16.9 Å². The molecule has 2 aromatic heterocycles. The Balaban J connectivity index is 2.59. The normalized spacial score (nSPS) is 11.8. The monoisotopic (exact) mass is 232 g/mol. The fourth-order valence-corrected chi connectivity index (χ4v) is 1.66. The summed E-state index contributed by atoms with van der Waals surface area (Å²) in [5, 5.41) is 4.08. The summed E-state index contributed by atoms with van der Waals surface area (Å²) in [5.74, 6) is 1.39. The molecule has 17 heavy (non-hydrogen) atoms. The van der Waals surface area contributed by atoms with Crippen LogP contribution in [-0.2, 0) is 12.5 Å². The van der Waals surface area contributed by atoms with Gasteiger partial charge < -0.3 is 4.42 Å². The van der Waals surface area contributed by atoms with Crippen molar-refractivity contribution in [2.45, 2.75) is 26.2 Å². The molecule has 0 amide bonds. The van der Waals surface area contributed by atoms with Crippen molar-refractivity contribution in [2.75, 3.05) is 0 Å². The highest BCUT2D eigenvalue weighted by Crippen LogP contribution is 2.32. The van der Waals surface area contributed by atoms with Crippen LogP contribution in [0.2, 0.25) is 0 Å². The van der Waals surface area contributed by atoms with E-state index in [0.29, 0.717) is 11.3 Å². The summed E-state index contributed by atoms with van der Waals surface area (Å²) in [6.07, 6.45) is 2.50. The molecule has 2 heterocycles. The van der Waals surface area contributed by atoms with E-state index < -0.39 is 0 Å². The number of furan rings is 1. The number of hydrogen-bond donors (Lipinski definition) is 0. The molecule has 0 bridgehead atoms. The van der Waals surface area contributed by atoms with E-state index in [2.05, 4.69) is 5.10 Å². The van der Waals surface area contributed by atoms with Crippen LogP contribution in [-0.4, -0.2) is 16.1 Å². The zero-order valence-corrected chi connectivity index (χ0v) is 10.5. The molecule has 0 aliphatic rings. The number of carbonyl (C=O) groups is 1. The van der Waals surface area contributed by atoms with Gasteiger partial charge in [0.1, 0.15) is 11.5 Å². The number of aromatic nitrogens is 2. The van der Waals surface area contributed by atoms with Crippen LogP contribution in [0.15, 0.2) is 22.7 Å². The second-order valence-electron chi connectivity index (χ2n) is 5.10. The van der Waals surface area contributed by atoms with Gasteiger partial charge in [0.2, 0.25) is 0 Å². The van der Waals surface area contributed by atoms with Gasteiger partial charge in [-0.15, -0.1) is 0 Å². The molecule has 0 radical (unpaired) electrons. The second-order valence-corrected chi connectivity index (χ2v) is 5.10. The van der Waals surface area contributed by atoms with Crippen LogP contribution < -0.4 is 0 Å². The molecule has 0 unspecified atom stereocenters. The Bertz CT molecular complexity index is 544. The standard InChI is InChI=1S/C13H16N2O2/c1-13(2,3)11-7-9(8-16)12(17-11)10-5-6-14-15(10)4/h5-8H,1-4H3. The van der Waals surface area contributed by atoms with Crippen molar-refractivity contribution >= 4 is 6.29 Å². The molecule has 4 heteroatoms. The quantitative estimate of drug-likeness (QED) is 0.748. The molecule has 4 nitrogen and oxygen atoms in total. The summed E-state index contributed by atoms with van der Waals surface area (Å²) in [7, 11) is 1.82. The molecule has 0 fully saturated rings. The molecular weight excluding hydrogens is 216 g/mol. The first kappa shape index (κ1) is 11.6. The topological polar surface area (TPSA) is 48.0 Å². The Morgan fingerprint density at radius 3 is 2.59 bits per heavy atom. The van der Waals surface area contributed by atoms with Crippen molar-refractivity contribution in [1.82, 2.24) is 9.78 Å². The Labute approximate surface area is 100 Å². The highest BCUT2D eigenvalue weighted by Gasteiger charge is 2.23. The van der Waals surface area contributed by atoms with Gasteiger partial charge in [0.15, 0.2) is 12.0 Å². The summed E-state index contributed by atoms with van der Waals surface area (Å²) in [4.78, 5) is 11.1. The van der Waals surface area contributed by atoms with Crippen molar-refractivity contribution in [3.63, 3.8) is 0 Å². The minimum Gasteiger partial charge on any atom is -0.458 e. The van der Waals surface area contributed by atoms with Crippen LogP contribution >= 0.6 is 0 Å². The van der Waals surface area contributed by atoms with Gasteiger partial charge in [-0.25, -0.2) is 0 Å². The van der Waals surface area contributed by atoms with Gasteiger partial charge >= 0.3 is 0 Å². The molecule has 0 saturated carbocycles. The molecule has 2 rings (SSSR count). The maximum atomic E-state index is 11.1. The van der Waals surface area contributed by atoms with Crippen LogP contribution in [0, 0.1) is 0 Å². The van der Waals surface area contributed by atoms with Crippen LogP contribution in [0.3, 0.4) is 0 Å². The van der Waals surface area contributed by atoms with E-state index >= 15 is 0 Å². The average molecular weight is 232 g/mol. The minimum absolute atomic E-state index is 0.116. The highest BCUT2D eigenvalue weighted by molar-refractivity contribution is 5.84. The molecule has 2 aromatic rings. The van der Waals surface area contributed by atoms with Gasteiger partial charge in [0.05, 0.1) is 5.56 Å². The second kappa shape index (κ2) is 3.87. The molecule has 0 aromatic carbocycles. The van der Waals surface area contributed by atoms with E-state index in [9.17, 15) is 4.79 Å². The van der Waals surface area contributed by atoms with E-state index in [0.717, 1.165) is 17.7 Å². The van der Waals surface area contributed by atoms with Crippen molar-refractivity contribution in [2.24, 2.45) is 7.05 Å². The van der Waals surface area contributed by atoms with Gasteiger partial charge in [-0.2, -0.15) is 5.10 Å². The number of rotatable bonds is 2. The first-order chi connectivity index (χ1) is 7.93. The lowest BCUT2D eigenvalue weighted by Gasteiger charge is -2.14. The molecule has 0 atom stereocenters. The molecule has 90 valence electrons. The zero-order valence-electron chi connectivity index (χ0n) is 10.5. The molecular formula is C13H16N2O2. The maximum absolute atomic E-state index is 11.1. The Kier molecular flexibility index (Phi) is 2.65. The van der Waals surface area contributed by atoms with Crippen molar-refractivity contribution in [3.8, 4) is 11.5 Å². The largest absolute Gasteiger partial charge is 0.458 e. The lowest BCUT2D eigenvalue weighted by atomic mass is 9.93. The van der Waals surface area contributed by atoms with E-state index in [1.165, 1.54) is 0 Å². The smallest absolute Gasteiger partial charge is 0.162 e. The summed E-state index contributed by atoms with van der Waals surface area (Å²) < 4.78 is 7.50. The van der Waals surface area contributed by atoms with Crippen molar-refractivity contribution < 1.29 is 9.21 Å². The third-order valence-corrected chi connectivity index (χ3v) is 2.68. The van der Waals surface area contributed by atoms with Gasteiger partial charge in [0, 0.05) is 18.7 Å². The minimum atomic E-state index is -0.116. The molecule has 0 N–H and O–H groups in total. The first-order valence-electron chi connectivity index (χ1n) is 5.51. The van der Waals surface area contributed by atoms with Crippen molar-refractivity contribution in [1.29, 1.82) is 0 Å². The summed E-state index contributed by atoms with van der Waals surface area (Å²) in [5.41, 5.74) is 1.26. The van der Waals surface area contributed by atoms with Gasteiger partial charge in [-0.3, -0.25) is 9.48 Å². The lowest BCUT2D eigenvalue weighted by Crippen LogP contribution is -2.09. The van der Waals surface area contributed by atoms with Gasteiger partial charge in [-0.05, 0) is 12.1 Å². The molecule has 0 spiro atoms. The van der Waals surface area contributed by atoms with Crippen LogP contribution in [0.25, 0.3) is 11.5 Å². The Hall–Kier alpha value is -1.84. The number of nitrogens with zero attached hydrogens (tertiary/aromatic N) is 2. The fraction of sp³-hybridized carbons (Fsp3) is 0.385. The van der Waals surface area contributed by atoms with Crippen molar-refractivity contribution in [3.05, 3.63) is 29.7 Å². The first-order valence-corrected chi connectivity index (χ1v) is 5.51. The molecule has 0 saturated heterocycles. The van der Waals surface area contributed by atoms with Crippen LogP contribution in [0.5, 0.6) is 0 Å². The number of aldehydes is 1. The average Bonchev–Trinajstić information content (AvgIpc) is 2.81. The SMILES string of the molecule is Cn1nccc1-c1oc(C(C)(C)C)cc1C=O. The molecule has 0 aliphatic heterocycles. The lowest BCUT2D eigenvalue weighted by molar-refractivity contribution is 0.112. The van der Waals surface area contributed by atoms with Gasteiger partial charge in [0.25, 0.3) is 0 Å². The van der Waals surface area contributed by atoms with E-state index in [-0.39, 0.29) is 5.41 Å². The Morgan fingerprint density at radius 1 is 1.41 bits per heavy atom. The summed E-state index contributed by atoms with van der Waals surface area (Å²) in [6, 6.07) is 3.63. The maximum Gasteiger partial charge on any atom is 0.162 e. The third kappa shape index (κ3) is 2.02. The number of aryl methyl sites for hydroxylation is 1. The highest BCUT2D eigenvalue weighted by atomic mass is 16.3. The van der Waals surface area contributed by atoms with Gasteiger partial charge in [-0.1, -0.05) is 20.8 Å².